The van der Waals surface area contributed by atoms with Crippen LogP contribution in [0.2, 0.25) is 0 Å². The van der Waals surface area contributed by atoms with Gasteiger partial charge in [0.2, 0.25) is 6.29 Å². The summed E-state index contributed by atoms with van der Waals surface area (Å²) in [6.07, 6.45) is 1.01. The van der Waals surface area contributed by atoms with Crippen LogP contribution in [0, 0.1) is 0 Å². The molecule has 0 aromatic heterocycles. The highest BCUT2D eigenvalue weighted by atomic mass is 16.3. The molecular weight excluding hydrogens is 218 g/mol. The van der Waals surface area contributed by atoms with Crippen LogP contribution in [0.25, 0.3) is 0 Å². The van der Waals surface area contributed by atoms with E-state index in [0.717, 1.165) is 11.4 Å². The first-order valence-electron chi connectivity index (χ1n) is 5.30. The van der Waals surface area contributed by atoms with Crippen molar-refractivity contribution in [2.75, 3.05) is 10.2 Å². The number of allylic oxidation sites excluding steroid dienone is 1. The van der Waals surface area contributed by atoms with Crippen LogP contribution in [0.4, 0.5) is 11.4 Å². The summed E-state index contributed by atoms with van der Waals surface area (Å²) in [5.41, 5.74) is 1.90. The summed E-state index contributed by atoms with van der Waals surface area (Å²) in [7, 11) is 0. The molecule has 3 rings (SSSR count). The molecule has 2 aliphatic rings. The van der Waals surface area contributed by atoms with Crippen molar-refractivity contribution in [1.82, 2.24) is 0 Å². The number of benzene rings is 1. The van der Waals surface area contributed by atoms with Crippen LogP contribution >= 0.6 is 0 Å². The van der Waals surface area contributed by atoms with E-state index in [2.05, 4.69) is 10.3 Å². The fraction of sp³-hybridized carbons (Fsp3) is 0.167. The van der Waals surface area contributed by atoms with E-state index in [1.54, 1.807) is 4.90 Å². The van der Waals surface area contributed by atoms with E-state index >= 15 is 0 Å². The Morgan fingerprint density at radius 3 is 3.00 bits per heavy atom. The van der Waals surface area contributed by atoms with E-state index in [1.807, 2.05) is 24.3 Å². The van der Waals surface area contributed by atoms with Gasteiger partial charge in [0.15, 0.2) is 0 Å². The highest BCUT2D eigenvalue weighted by Crippen LogP contribution is 2.36. The topological polar surface area (TPSA) is 64.9 Å². The Labute approximate surface area is 98.1 Å². The van der Waals surface area contributed by atoms with Crippen molar-refractivity contribution < 1.29 is 9.90 Å². The monoisotopic (exact) mass is 229 g/mol. The Bertz CT molecular complexity index is 559. The summed E-state index contributed by atoms with van der Waals surface area (Å²) in [5, 5.41) is 12.6. The van der Waals surface area contributed by atoms with Gasteiger partial charge in [0.1, 0.15) is 5.76 Å². The van der Waals surface area contributed by atoms with Crippen LogP contribution in [0.3, 0.4) is 0 Å². The lowest BCUT2D eigenvalue weighted by atomic mass is 10.2. The van der Waals surface area contributed by atoms with E-state index in [4.69, 9.17) is 0 Å². The average molecular weight is 229 g/mol. The predicted octanol–water partition coefficient (Wildman–Crippen LogP) is 1.65. The number of fused-ring (bicyclic) bond motifs is 3. The number of nitrogens with zero attached hydrogens (tertiary/aromatic N) is 2. The highest BCUT2D eigenvalue weighted by molar-refractivity contribution is 6.22. The minimum Gasteiger partial charge on any atom is -0.512 e. The number of aliphatic imine (C=N–C) groups is 1. The van der Waals surface area contributed by atoms with Crippen LogP contribution in [-0.4, -0.2) is 23.5 Å². The molecule has 0 fully saturated rings. The molecular formula is C12H11N3O2. The fourth-order valence-corrected chi connectivity index (χ4v) is 2.04. The van der Waals surface area contributed by atoms with Gasteiger partial charge in [-0.2, -0.15) is 0 Å². The van der Waals surface area contributed by atoms with Gasteiger partial charge in [0, 0.05) is 6.21 Å². The van der Waals surface area contributed by atoms with Gasteiger partial charge in [-0.15, -0.1) is 0 Å². The number of hydrogen-bond donors (Lipinski definition) is 2. The summed E-state index contributed by atoms with van der Waals surface area (Å²) >= 11 is 0. The molecule has 0 saturated carbocycles. The Balaban J connectivity index is 2.13. The third kappa shape index (κ3) is 1.32. The number of nitrogens with one attached hydrogen (secondary N) is 1. The van der Waals surface area contributed by atoms with Crippen molar-refractivity contribution in [2.45, 2.75) is 13.2 Å². The number of para-hydroxylation sites is 2. The van der Waals surface area contributed by atoms with E-state index < -0.39 is 6.29 Å². The molecule has 0 spiro atoms. The zero-order valence-corrected chi connectivity index (χ0v) is 9.21. The first-order valence-corrected chi connectivity index (χ1v) is 5.30. The van der Waals surface area contributed by atoms with Gasteiger partial charge in [0.05, 0.1) is 16.9 Å². The molecule has 0 aliphatic carbocycles. The van der Waals surface area contributed by atoms with E-state index in [0.29, 0.717) is 0 Å². The van der Waals surface area contributed by atoms with Crippen LogP contribution in [0.1, 0.15) is 6.92 Å². The lowest BCUT2D eigenvalue weighted by Crippen LogP contribution is -2.43. The summed E-state index contributed by atoms with van der Waals surface area (Å²) in [5.74, 6) is -0.246. The number of carbonyl (C=O) groups excluding carboxylic acids is 1. The molecule has 0 bridgehead atoms. The van der Waals surface area contributed by atoms with Crippen molar-refractivity contribution in [3.63, 3.8) is 0 Å². The maximum atomic E-state index is 12.2. The SMILES string of the molecule is CC(O)=C1C=N[C@@H]2Nc3ccccc3N2C1=O. The second-order valence-corrected chi connectivity index (χ2v) is 3.99. The molecule has 5 nitrogen and oxygen atoms in total. The lowest BCUT2D eigenvalue weighted by molar-refractivity contribution is -0.115. The Hall–Kier alpha value is -2.30. The summed E-state index contributed by atoms with van der Waals surface area (Å²) in [4.78, 5) is 17.9. The number of aliphatic hydroxyl groups excluding tert-OH is 1. The van der Waals surface area contributed by atoms with Crippen molar-refractivity contribution >= 4 is 23.5 Å². The molecule has 1 amide bonds. The Kier molecular flexibility index (Phi) is 1.95. The van der Waals surface area contributed by atoms with Gasteiger partial charge in [-0.1, -0.05) is 12.1 Å². The van der Waals surface area contributed by atoms with Crippen LogP contribution < -0.4 is 10.2 Å². The zero-order chi connectivity index (χ0) is 12.0. The van der Waals surface area contributed by atoms with Gasteiger partial charge in [-0.25, -0.2) is 4.99 Å². The molecule has 1 atom stereocenters. The molecule has 0 saturated heterocycles. The van der Waals surface area contributed by atoms with Crippen molar-refractivity contribution in [3.05, 3.63) is 35.6 Å². The number of anilines is 2. The van der Waals surface area contributed by atoms with Gasteiger partial charge in [-0.05, 0) is 19.1 Å². The first kappa shape index (κ1) is 9.89. The first-order chi connectivity index (χ1) is 8.18. The number of aliphatic hydroxyl groups is 1. The van der Waals surface area contributed by atoms with Gasteiger partial charge in [-0.3, -0.25) is 9.69 Å². The molecule has 0 radical (unpaired) electrons. The number of hydrogen-bond acceptors (Lipinski definition) is 4. The molecule has 5 heteroatoms. The molecule has 1 aromatic rings. The largest absolute Gasteiger partial charge is 0.512 e. The van der Waals surface area contributed by atoms with Gasteiger partial charge in [0.25, 0.3) is 5.91 Å². The van der Waals surface area contributed by atoms with Crippen LogP contribution in [0.5, 0.6) is 0 Å². The average Bonchev–Trinajstić information content (AvgIpc) is 2.67. The molecule has 2 heterocycles. The Morgan fingerprint density at radius 1 is 1.47 bits per heavy atom. The third-order valence-electron chi connectivity index (χ3n) is 2.88. The second-order valence-electron chi connectivity index (χ2n) is 3.99. The van der Waals surface area contributed by atoms with E-state index in [1.165, 1.54) is 13.1 Å². The maximum absolute atomic E-state index is 12.2. The molecule has 2 aliphatic heterocycles. The maximum Gasteiger partial charge on any atom is 0.266 e. The van der Waals surface area contributed by atoms with Gasteiger partial charge >= 0.3 is 0 Å². The fourth-order valence-electron chi connectivity index (χ4n) is 2.04. The van der Waals surface area contributed by atoms with E-state index in [9.17, 15) is 9.90 Å². The van der Waals surface area contributed by atoms with E-state index in [-0.39, 0.29) is 17.2 Å². The molecule has 17 heavy (non-hydrogen) atoms. The van der Waals surface area contributed by atoms with Gasteiger partial charge < -0.3 is 10.4 Å². The van der Waals surface area contributed by atoms with Crippen LogP contribution in [-0.2, 0) is 4.79 Å². The molecule has 1 aromatic carbocycles. The highest BCUT2D eigenvalue weighted by Gasteiger charge is 2.37. The smallest absolute Gasteiger partial charge is 0.266 e. The number of amides is 1. The normalized spacial score (nSPS) is 24.2. The molecule has 86 valence electrons. The minimum atomic E-state index is -0.400. The standard InChI is InChI=1S/C12H11N3O2/c1-7(16)8-6-13-12-14-9-4-2-3-5-10(9)15(12)11(8)17/h2-6,12,14,16H,1H3/t12-/m1/s1. The Morgan fingerprint density at radius 2 is 2.24 bits per heavy atom. The van der Waals surface area contributed by atoms with Crippen molar-refractivity contribution in [3.8, 4) is 0 Å². The van der Waals surface area contributed by atoms with Crippen LogP contribution in [0.15, 0.2) is 40.6 Å². The van der Waals surface area contributed by atoms with Crippen molar-refractivity contribution in [1.29, 1.82) is 0 Å². The zero-order valence-electron chi connectivity index (χ0n) is 9.21. The summed E-state index contributed by atoms with van der Waals surface area (Å²) < 4.78 is 0. The second kappa shape index (κ2) is 3.35. The third-order valence-corrected chi connectivity index (χ3v) is 2.88. The molecule has 2 N–H and O–H groups in total. The summed E-state index contributed by atoms with van der Waals surface area (Å²) in [6, 6.07) is 7.51. The molecule has 0 unspecified atom stereocenters. The van der Waals surface area contributed by atoms with Crippen molar-refractivity contribution in [2.24, 2.45) is 4.99 Å². The minimum absolute atomic E-state index is 0.0124. The number of carbonyl (C=O) groups is 1. The predicted molar refractivity (Wildman–Crippen MR) is 65.2 cm³/mol. The lowest BCUT2D eigenvalue weighted by Gasteiger charge is -2.25. The number of rotatable bonds is 0. The quantitative estimate of drug-likeness (QED) is 0.525. The summed E-state index contributed by atoms with van der Waals surface area (Å²) in [6.45, 7) is 1.48.